The van der Waals surface area contributed by atoms with Gasteiger partial charge >= 0.3 is 0 Å². The van der Waals surface area contributed by atoms with Gasteiger partial charge in [-0.2, -0.15) is 5.10 Å². The van der Waals surface area contributed by atoms with Crippen LogP contribution < -0.4 is 25.6 Å². The van der Waals surface area contributed by atoms with Crippen molar-refractivity contribution in [2.24, 2.45) is 0 Å². The zero-order valence-corrected chi connectivity index (χ0v) is 22.8. The van der Waals surface area contributed by atoms with Gasteiger partial charge in [0.2, 0.25) is 11.8 Å². The molecule has 11 nitrogen and oxygen atoms in total. The summed E-state index contributed by atoms with van der Waals surface area (Å²) >= 11 is 1.40. The quantitative estimate of drug-likeness (QED) is 0.276. The van der Waals surface area contributed by atoms with Gasteiger partial charge in [0, 0.05) is 36.8 Å². The molecule has 39 heavy (non-hydrogen) atoms. The Hall–Kier alpha value is -4.19. The number of anilines is 2. The normalized spacial score (nSPS) is 15.4. The monoisotopic (exact) mass is 549 g/mol. The first kappa shape index (κ1) is 26.4. The maximum absolute atomic E-state index is 12.6. The van der Waals surface area contributed by atoms with E-state index in [1.807, 2.05) is 38.2 Å². The molecule has 5 rings (SSSR count). The van der Waals surface area contributed by atoms with Crippen LogP contribution in [0.2, 0.25) is 0 Å². The summed E-state index contributed by atoms with van der Waals surface area (Å²) in [5.74, 6) is 0.274. The van der Waals surface area contributed by atoms with Crippen molar-refractivity contribution >= 4 is 39.9 Å². The van der Waals surface area contributed by atoms with Crippen LogP contribution in [-0.4, -0.2) is 64.3 Å². The van der Waals surface area contributed by atoms with Gasteiger partial charge in [-0.15, -0.1) is 0 Å². The number of rotatable bonds is 9. The van der Waals surface area contributed by atoms with Crippen molar-refractivity contribution in [1.29, 1.82) is 0 Å². The zero-order valence-electron chi connectivity index (χ0n) is 22.0. The molecule has 0 saturated heterocycles. The van der Waals surface area contributed by atoms with Crippen LogP contribution in [0.4, 0.5) is 10.8 Å². The van der Waals surface area contributed by atoms with Gasteiger partial charge in [-0.3, -0.25) is 19.1 Å². The maximum Gasteiger partial charge on any atom is 0.263 e. The van der Waals surface area contributed by atoms with Crippen LogP contribution in [0.25, 0.3) is 11.1 Å². The van der Waals surface area contributed by atoms with E-state index in [9.17, 15) is 14.4 Å². The number of benzene rings is 1. The van der Waals surface area contributed by atoms with Crippen molar-refractivity contribution in [3.05, 3.63) is 53.8 Å². The van der Waals surface area contributed by atoms with Crippen molar-refractivity contribution in [2.45, 2.75) is 38.8 Å². The summed E-state index contributed by atoms with van der Waals surface area (Å²) in [6.45, 7) is 9.53. The molecule has 1 aromatic carbocycles. The van der Waals surface area contributed by atoms with Crippen LogP contribution in [0.15, 0.2) is 43.2 Å². The Kier molecular flexibility index (Phi) is 7.38. The molecule has 0 atom stereocenters. The molecule has 0 fully saturated rings. The summed E-state index contributed by atoms with van der Waals surface area (Å²) in [5, 5.41) is 13.7. The third-order valence-electron chi connectivity index (χ3n) is 6.44. The smallest absolute Gasteiger partial charge is 0.263 e. The van der Waals surface area contributed by atoms with Gasteiger partial charge in [0.25, 0.3) is 5.91 Å². The summed E-state index contributed by atoms with van der Waals surface area (Å²) in [5.41, 5.74) is 3.16. The summed E-state index contributed by atoms with van der Waals surface area (Å²) in [6.07, 6.45) is 6.07. The molecule has 0 radical (unpaired) electrons. The van der Waals surface area contributed by atoms with Crippen molar-refractivity contribution in [3.63, 3.8) is 0 Å². The number of carbonyl (C=O) groups is 3. The predicted molar refractivity (Wildman–Crippen MR) is 148 cm³/mol. The number of nitrogens with zero attached hydrogens (tertiary/aromatic N) is 4. The molecule has 4 heterocycles. The highest BCUT2D eigenvalue weighted by Gasteiger charge is 2.34. The Bertz CT molecular complexity index is 1430. The molecule has 3 aromatic rings. The molecule has 204 valence electrons. The fourth-order valence-corrected chi connectivity index (χ4v) is 5.59. The highest BCUT2D eigenvalue weighted by Crippen LogP contribution is 2.42. The number of hydrogen-bond acceptors (Lipinski definition) is 8. The molecular weight excluding hydrogens is 518 g/mol. The molecule has 3 amide bonds. The lowest BCUT2D eigenvalue weighted by molar-refractivity contribution is -0.121. The molecule has 3 N–H and O–H groups in total. The van der Waals surface area contributed by atoms with E-state index in [2.05, 4.69) is 32.5 Å². The zero-order chi connectivity index (χ0) is 27.6. The van der Waals surface area contributed by atoms with E-state index in [1.165, 1.54) is 17.4 Å². The largest absolute Gasteiger partial charge is 0.490 e. The molecule has 0 aliphatic carbocycles. The number of thiazole rings is 1. The molecule has 2 aromatic heterocycles. The Morgan fingerprint density at radius 2 is 2.08 bits per heavy atom. The molecule has 2 aliphatic heterocycles. The van der Waals surface area contributed by atoms with E-state index in [0.29, 0.717) is 44.0 Å². The van der Waals surface area contributed by atoms with Crippen LogP contribution in [0.1, 0.15) is 35.6 Å². The van der Waals surface area contributed by atoms with E-state index < -0.39 is 0 Å². The fraction of sp³-hybridized carbons (Fsp3) is 0.370. The summed E-state index contributed by atoms with van der Waals surface area (Å²) in [4.78, 5) is 43.7. The first-order chi connectivity index (χ1) is 18.7. The predicted octanol–water partition coefficient (Wildman–Crippen LogP) is 2.41. The standard InChI is InChI=1S/C27H31N7O4S/c1-4-22(35)28-8-5-9-29-23(36)16-33-15-18(14-30-33)17-6-7-21-20(12-17)34(10-11-38-21)26-31-19-13-27(2,3)32-25(37)24(19)39-26/h4,6-7,12,14-15H,1,5,8-11,13,16H2,2-3H3,(H,28,35)(H,29,36)(H,32,37). The third-order valence-corrected chi connectivity index (χ3v) is 7.56. The third kappa shape index (κ3) is 5.95. The fourth-order valence-electron chi connectivity index (χ4n) is 4.58. The van der Waals surface area contributed by atoms with Gasteiger partial charge in [0.1, 0.15) is 23.8 Å². The number of fused-ring (bicyclic) bond motifs is 2. The van der Waals surface area contributed by atoms with Crippen molar-refractivity contribution in [3.8, 4) is 16.9 Å². The number of carbonyl (C=O) groups excluding carboxylic acids is 3. The lowest BCUT2D eigenvalue weighted by Crippen LogP contribution is -2.48. The van der Waals surface area contributed by atoms with Crippen molar-refractivity contribution < 1.29 is 19.1 Å². The lowest BCUT2D eigenvalue weighted by atomic mass is 9.94. The first-order valence-electron chi connectivity index (χ1n) is 12.8. The number of amides is 3. The highest BCUT2D eigenvalue weighted by atomic mass is 32.1. The number of aromatic nitrogens is 3. The minimum absolute atomic E-state index is 0.0804. The van der Waals surface area contributed by atoms with Gasteiger partial charge in [-0.05, 0) is 44.0 Å². The Balaban J connectivity index is 1.27. The van der Waals surface area contributed by atoms with E-state index in [4.69, 9.17) is 9.72 Å². The van der Waals surface area contributed by atoms with Crippen molar-refractivity contribution in [2.75, 3.05) is 31.1 Å². The molecule has 0 bridgehead atoms. The van der Waals surface area contributed by atoms with Gasteiger partial charge in [0.05, 0.1) is 24.1 Å². The first-order valence-corrected chi connectivity index (χ1v) is 13.6. The minimum Gasteiger partial charge on any atom is -0.490 e. The Labute approximate surface area is 230 Å². The highest BCUT2D eigenvalue weighted by molar-refractivity contribution is 7.17. The summed E-state index contributed by atoms with van der Waals surface area (Å²) in [7, 11) is 0. The molecule has 12 heteroatoms. The summed E-state index contributed by atoms with van der Waals surface area (Å²) in [6, 6.07) is 5.91. The second kappa shape index (κ2) is 10.9. The Morgan fingerprint density at radius 1 is 1.26 bits per heavy atom. The van der Waals surface area contributed by atoms with Gasteiger partial charge in [-0.25, -0.2) is 4.98 Å². The number of hydrogen-bond donors (Lipinski definition) is 3. The molecule has 0 saturated carbocycles. The van der Waals surface area contributed by atoms with Crippen LogP contribution in [0, 0.1) is 0 Å². The van der Waals surface area contributed by atoms with Crippen molar-refractivity contribution in [1.82, 2.24) is 30.7 Å². The number of nitrogens with one attached hydrogen (secondary N) is 3. The SMILES string of the molecule is C=CC(=O)NCCCNC(=O)Cn1cc(-c2ccc3c(c2)N(c2nc4c(s2)C(=O)NC(C)(C)C4)CCO3)cn1. The lowest BCUT2D eigenvalue weighted by Gasteiger charge is -2.29. The second-order valence-corrected chi connectivity index (χ2v) is 11.1. The van der Waals surface area contributed by atoms with Gasteiger partial charge in [-0.1, -0.05) is 24.0 Å². The van der Waals surface area contributed by atoms with Crippen LogP contribution >= 0.6 is 11.3 Å². The van der Waals surface area contributed by atoms with Gasteiger partial charge in [0.15, 0.2) is 5.13 Å². The average molecular weight is 550 g/mol. The topological polar surface area (TPSA) is 130 Å². The second-order valence-electron chi connectivity index (χ2n) is 10.1. The number of ether oxygens (including phenoxy) is 1. The maximum atomic E-state index is 12.6. The molecule has 0 spiro atoms. The van der Waals surface area contributed by atoms with Crippen LogP contribution in [-0.2, 0) is 22.6 Å². The molecule has 0 unspecified atom stereocenters. The summed E-state index contributed by atoms with van der Waals surface area (Å²) < 4.78 is 7.50. The van der Waals surface area contributed by atoms with Gasteiger partial charge < -0.3 is 25.6 Å². The minimum atomic E-state index is -0.328. The van der Waals surface area contributed by atoms with Crippen LogP contribution in [0.5, 0.6) is 5.75 Å². The van der Waals surface area contributed by atoms with E-state index in [1.54, 1.807) is 10.9 Å². The molecular formula is C27H31N7O4S. The average Bonchev–Trinajstić information content (AvgIpc) is 3.54. The molecule has 2 aliphatic rings. The van der Waals surface area contributed by atoms with E-state index >= 15 is 0 Å². The van der Waals surface area contributed by atoms with E-state index in [-0.39, 0.29) is 29.8 Å². The van der Waals surface area contributed by atoms with Crippen LogP contribution in [0.3, 0.4) is 0 Å². The Morgan fingerprint density at radius 3 is 2.90 bits per heavy atom. The van der Waals surface area contributed by atoms with E-state index in [0.717, 1.165) is 33.4 Å².